The third-order valence-corrected chi connectivity index (χ3v) is 4.52. The van der Waals surface area contributed by atoms with Gasteiger partial charge in [-0.1, -0.05) is 12.8 Å². The van der Waals surface area contributed by atoms with Crippen molar-refractivity contribution in [2.75, 3.05) is 13.1 Å². The van der Waals surface area contributed by atoms with Gasteiger partial charge in [0.25, 0.3) is 11.8 Å². The van der Waals surface area contributed by atoms with E-state index in [0.29, 0.717) is 35.7 Å². The monoisotopic (exact) mass is 368 g/mol. The summed E-state index contributed by atoms with van der Waals surface area (Å²) in [6, 6.07) is -3.21. The number of carbonyl (C=O) groups excluding carboxylic acids is 4. The zero-order chi connectivity index (χ0) is 19.4. The number of rotatable bonds is 9. The van der Waals surface area contributed by atoms with Crippen molar-refractivity contribution in [3.05, 3.63) is 9.81 Å². The minimum Gasteiger partial charge on any atom is -0.272 e. The van der Waals surface area contributed by atoms with Gasteiger partial charge in [-0.3, -0.25) is 19.4 Å². The van der Waals surface area contributed by atoms with E-state index in [0.717, 1.165) is 9.80 Å². The number of amides is 6. The lowest BCUT2D eigenvalue weighted by Gasteiger charge is -2.14. The maximum Gasteiger partial charge on any atom is 0.350 e. The van der Waals surface area contributed by atoms with Gasteiger partial charge in [0.15, 0.2) is 0 Å². The van der Waals surface area contributed by atoms with Crippen molar-refractivity contribution in [3.8, 4) is 0 Å². The summed E-state index contributed by atoms with van der Waals surface area (Å²) < 4.78 is 0. The molecule has 2 unspecified atom stereocenters. The Labute approximate surface area is 148 Å². The summed E-state index contributed by atoms with van der Waals surface area (Å²) in [6.45, 7) is 3.22. The van der Waals surface area contributed by atoms with Crippen LogP contribution < -0.4 is 0 Å². The molecular weight excluding hydrogens is 348 g/mol. The maximum atomic E-state index is 11.9. The Morgan fingerprint density at radius 2 is 1.04 bits per heavy atom. The molecule has 0 aromatic carbocycles. The molecule has 12 heteroatoms. The molecule has 2 atom stereocenters. The van der Waals surface area contributed by atoms with Crippen LogP contribution in [-0.2, 0) is 9.59 Å². The number of nitroso groups, excluding NO2 is 2. The summed E-state index contributed by atoms with van der Waals surface area (Å²) in [5, 5.41) is 6.33. The van der Waals surface area contributed by atoms with Crippen LogP contribution in [0.5, 0.6) is 0 Å². The molecule has 0 radical (unpaired) electrons. The van der Waals surface area contributed by atoms with Gasteiger partial charge in [-0.15, -0.1) is 9.81 Å². The standard InChI is InChI=1S/C14H20N6O6/c1-9-11(21)17(13(23)19(9)15-25)7-5-3-4-6-8-18-12(22)10(2)20(16-26)14(18)24/h9-10H,3-8H2,1-2H3. The first-order valence-electron chi connectivity index (χ1n) is 8.30. The fourth-order valence-electron chi connectivity index (χ4n) is 2.94. The van der Waals surface area contributed by atoms with Gasteiger partial charge in [0.2, 0.25) is 0 Å². The van der Waals surface area contributed by atoms with E-state index in [1.807, 2.05) is 0 Å². The van der Waals surface area contributed by atoms with Gasteiger partial charge in [0, 0.05) is 13.1 Å². The number of carbonyl (C=O) groups is 4. The highest BCUT2D eigenvalue weighted by atomic mass is 16.3. The molecule has 0 spiro atoms. The smallest absolute Gasteiger partial charge is 0.272 e. The molecule has 142 valence electrons. The molecule has 2 heterocycles. The summed E-state index contributed by atoms with van der Waals surface area (Å²) in [5.74, 6) is -0.920. The molecule has 2 fully saturated rings. The van der Waals surface area contributed by atoms with Gasteiger partial charge in [0.05, 0.1) is 10.6 Å². The number of hydrogen-bond donors (Lipinski definition) is 0. The van der Waals surface area contributed by atoms with Gasteiger partial charge in [-0.25, -0.2) is 9.59 Å². The van der Waals surface area contributed by atoms with E-state index < -0.39 is 36.0 Å². The van der Waals surface area contributed by atoms with E-state index in [1.165, 1.54) is 13.8 Å². The number of imide groups is 2. The topological polar surface area (TPSA) is 140 Å². The third-order valence-electron chi connectivity index (χ3n) is 4.52. The normalized spacial score (nSPS) is 23.5. The van der Waals surface area contributed by atoms with Gasteiger partial charge >= 0.3 is 12.1 Å². The van der Waals surface area contributed by atoms with Crippen molar-refractivity contribution >= 4 is 23.9 Å². The van der Waals surface area contributed by atoms with Crippen LogP contribution in [0.2, 0.25) is 0 Å². The fourth-order valence-corrected chi connectivity index (χ4v) is 2.94. The number of urea groups is 2. The van der Waals surface area contributed by atoms with Gasteiger partial charge < -0.3 is 0 Å². The third kappa shape index (κ3) is 3.39. The highest BCUT2D eigenvalue weighted by Gasteiger charge is 2.44. The molecule has 12 nitrogen and oxygen atoms in total. The van der Waals surface area contributed by atoms with Crippen molar-refractivity contribution in [1.82, 2.24) is 19.8 Å². The molecular formula is C14H20N6O6. The molecule has 0 saturated carbocycles. The first-order valence-corrected chi connectivity index (χ1v) is 8.30. The van der Waals surface area contributed by atoms with E-state index in [4.69, 9.17) is 0 Å². The molecule has 0 aromatic rings. The molecule has 2 saturated heterocycles. The van der Waals surface area contributed by atoms with Crippen LogP contribution in [-0.4, -0.2) is 68.9 Å². The Kier molecular flexibility index (Phi) is 5.95. The highest BCUT2D eigenvalue weighted by Crippen LogP contribution is 2.20. The van der Waals surface area contributed by atoms with E-state index in [9.17, 15) is 29.0 Å². The zero-order valence-electron chi connectivity index (χ0n) is 14.5. The van der Waals surface area contributed by atoms with Crippen molar-refractivity contribution in [2.24, 2.45) is 10.6 Å². The second-order valence-corrected chi connectivity index (χ2v) is 6.16. The lowest BCUT2D eigenvalue weighted by Crippen LogP contribution is -2.32. The number of hydrogen-bond acceptors (Lipinski definition) is 8. The molecule has 2 rings (SSSR count). The molecule has 0 aliphatic carbocycles. The first kappa shape index (κ1) is 19.4. The first-order chi connectivity index (χ1) is 12.3. The Morgan fingerprint density at radius 1 is 0.692 bits per heavy atom. The van der Waals surface area contributed by atoms with Crippen LogP contribution in [0, 0.1) is 9.81 Å². The Bertz CT molecular complexity index is 585. The predicted octanol–water partition coefficient (Wildman–Crippen LogP) is 1.22. The Morgan fingerprint density at radius 3 is 1.31 bits per heavy atom. The predicted molar refractivity (Wildman–Crippen MR) is 86.9 cm³/mol. The van der Waals surface area contributed by atoms with Gasteiger partial charge in [-0.05, 0) is 26.7 Å². The number of nitrogens with zero attached hydrogens (tertiary/aromatic N) is 6. The molecule has 6 amide bonds. The van der Waals surface area contributed by atoms with E-state index in [-0.39, 0.29) is 13.1 Å². The lowest BCUT2D eigenvalue weighted by molar-refractivity contribution is -0.128. The van der Waals surface area contributed by atoms with Crippen LogP contribution in [0.3, 0.4) is 0 Å². The lowest BCUT2D eigenvalue weighted by atomic mass is 10.2. The molecule has 0 aromatic heterocycles. The van der Waals surface area contributed by atoms with E-state index in [2.05, 4.69) is 10.6 Å². The second kappa shape index (κ2) is 7.97. The van der Waals surface area contributed by atoms with Crippen LogP contribution >= 0.6 is 0 Å². The van der Waals surface area contributed by atoms with Crippen molar-refractivity contribution in [2.45, 2.75) is 51.6 Å². The summed E-state index contributed by atoms with van der Waals surface area (Å²) in [7, 11) is 0. The van der Waals surface area contributed by atoms with Gasteiger partial charge in [0.1, 0.15) is 12.1 Å². The quantitative estimate of drug-likeness (QED) is 0.340. The van der Waals surface area contributed by atoms with Crippen molar-refractivity contribution in [3.63, 3.8) is 0 Å². The van der Waals surface area contributed by atoms with Crippen molar-refractivity contribution in [1.29, 1.82) is 0 Å². The van der Waals surface area contributed by atoms with E-state index in [1.54, 1.807) is 0 Å². The summed E-state index contributed by atoms with van der Waals surface area (Å²) in [6.07, 6.45) is 2.36. The molecule has 0 bridgehead atoms. The molecule has 2 aliphatic heterocycles. The average Bonchev–Trinajstić information content (AvgIpc) is 2.95. The molecule has 0 N–H and O–H groups in total. The number of unbranched alkanes of at least 4 members (excludes halogenated alkanes) is 3. The SMILES string of the molecule is CC1C(=O)N(CCCCCCN2C(=O)C(C)N(N=O)C2=O)C(=O)N1N=O. The summed E-state index contributed by atoms with van der Waals surface area (Å²) >= 11 is 0. The van der Waals surface area contributed by atoms with Crippen molar-refractivity contribution < 1.29 is 19.2 Å². The Hall–Kier alpha value is -2.92. The second-order valence-electron chi connectivity index (χ2n) is 6.16. The van der Waals surface area contributed by atoms with Crippen LogP contribution in [0.4, 0.5) is 9.59 Å². The van der Waals surface area contributed by atoms with Crippen LogP contribution in [0.15, 0.2) is 10.6 Å². The average molecular weight is 368 g/mol. The van der Waals surface area contributed by atoms with Gasteiger partial charge in [-0.2, -0.15) is 10.0 Å². The fraction of sp³-hybridized carbons (Fsp3) is 0.714. The Balaban J connectivity index is 1.70. The summed E-state index contributed by atoms with van der Waals surface area (Å²) in [5.41, 5.74) is 0. The largest absolute Gasteiger partial charge is 0.350 e. The minimum atomic E-state index is -0.886. The highest BCUT2D eigenvalue weighted by molar-refractivity contribution is 6.04. The van der Waals surface area contributed by atoms with Crippen LogP contribution in [0.25, 0.3) is 0 Å². The summed E-state index contributed by atoms with van der Waals surface area (Å²) in [4.78, 5) is 70.6. The zero-order valence-corrected chi connectivity index (χ0v) is 14.5. The van der Waals surface area contributed by atoms with Crippen LogP contribution in [0.1, 0.15) is 39.5 Å². The maximum absolute atomic E-state index is 11.9. The minimum absolute atomic E-state index is 0.176. The molecule has 26 heavy (non-hydrogen) atoms. The molecule has 2 aliphatic rings. The van der Waals surface area contributed by atoms with E-state index >= 15 is 0 Å².